The van der Waals surface area contributed by atoms with E-state index in [-0.39, 0.29) is 18.4 Å². The predicted octanol–water partition coefficient (Wildman–Crippen LogP) is 2.32. The molecule has 36 heavy (non-hydrogen) atoms. The van der Waals surface area contributed by atoms with Gasteiger partial charge in [0.25, 0.3) is 0 Å². The summed E-state index contributed by atoms with van der Waals surface area (Å²) in [6.45, 7) is 2.51. The minimum absolute atomic E-state index is 0.0373. The Morgan fingerprint density at radius 1 is 0.722 bits per heavy atom. The van der Waals surface area contributed by atoms with Crippen LogP contribution in [-0.2, 0) is 4.79 Å². The first kappa shape index (κ1) is 27.4. The first-order valence-electron chi connectivity index (χ1n) is 12.5. The molecule has 3 aromatic rings. The molecular weight excluding hydrogens is 465 g/mol. The molecule has 1 amide bonds. The summed E-state index contributed by atoms with van der Waals surface area (Å²) in [5, 5.41) is 11.8. The van der Waals surface area contributed by atoms with E-state index in [4.69, 9.17) is 11.1 Å². The van der Waals surface area contributed by atoms with Crippen molar-refractivity contribution >= 4 is 35.0 Å². The average Bonchev–Trinajstić information content (AvgIpc) is 2.91. The third kappa shape index (κ3) is 6.93. The van der Waals surface area contributed by atoms with Gasteiger partial charge in [-0.2, -0.15) is 0 Å². The van der Waals surface area contributed by atoms with Crippen molar-refractivity contribution in [1.29, 1.82) is 5.41 Å². The van der Waals surface area contributed by atoms with Crippen molar-refractivity contribution in [3.05, 3.63) is 91.0 Å². The van der Waals surface area contributed by atoms with Crippen LogP contribution in [0.4, 0.5) is 0 Å². The van der Waals surface area contributed by atoms with E-state index in [1.54, 1.807) is 11.9 Å². The Bertz CT molecular complexity index is 998. The van der Waals surface area contributed by atoms with Crippen LogP contribution >= 0.6 is 7.26 Å². The van der Waals surface area contributed by atoms with Crippen molar-refractivity contribution in [1.82, 2.24) is 14.7 Å². The van der Waals surface area contributed by atoms with E-state index in [0.717, 1.165) is 25.7 Å². The van der Waals surface area contributed by atoms with Gasteiger partial charge in [0.2, 0.25) is 0 Å². The monoisotopic (exact) mass is 505 g/mol. The topological polar surface area (TPSA) is 76.7 Å². The molecule has 192 valence electrons. The van der Waals surface area contributed by atoms with E-state index in [1.165, 1.54) is 20.8 Å². The maximum atomic E-state index is 12.4. The Morgan fingerprint density at radius 3 is 1.58 bits per heavy atom. The molecule has 6 nitrogen and oxygen atoms in total. The molecule has 0 unspecified atom stereocenters. The number of benzene rings is 3. The predicted molar refractivity (Wildman–Crippen MR) is 156 cm³/mol. The second-order valence-electron chi connectivity index (χ2n) is 9.47. The van der Waals surface area contributed by atoms with Crippen LogP contribution in [0.25, 0.3) is 0 Å². The zero-order chi connectivity index (χ0) is 26.0. The number of nitrogens with two attached hydrogens (primary N) is 1. The third-order valence-corrected chi connectivity index (χ3v) is 12.0. The molecule has 3 rings (SSSR count). The van der Waals surface area contributed by atoms with Gasteiger partial charge >= 0.3 is 217 Å². The molecule has 0 aliphatic heterocycles. The van der Waals surface area contributed by atoms with E-state index in [1.807, 2.05) is 7.05 Å². The Balaban J connectivity index is 1.72. The van der Waals surface area contributed by atoms with Crippen LogP contribution in [-0.4, -0.2) is 80.1 Å². The quantitative estimate of drug-likeness (QED) is 0.225. The van der Waals surface area contributed by atoms with Gasteiger partial charge in [0, 0.05) is 0 Å². The molecule has 0 saturated carbocycles. The maximum absolute atomic E-state index is 12.4. The number of likely N-dealkylation sites (N-methyl/N-ethyl adjacent to an activating group) is 3. The second kappa shape index (κ2) is 13.2. The molecule has 0 fully saturated rings. The molecule has 0 saturated heterocycles. The first-order valence-corrected chi connectivity index (χ1v) is 14.7. The van der Waals surface area contributed by atoms with Crippen LogP contribution in [0.1, 0.15) is 6.42 Å². The fraction of sp³-hybridized carbons (Fsp3) is 0.310. The molecule has 0 bridgehead atoms. The van der Waals surface area contributed by atoms with Crippen LogP contribution < -0.4 is 21.6 Å². The number of guanidine groups is 1. The normalized spacial score (nSPS) is 11.8. The van der Waals surface area contributed by atoms with E-state index in [0.29, 0.717) is 6.54 Å². The van der Waals surface area contributed by atoms with E-state index in [9.17, 15) is 4.79 Å². The molecule has 0 aliphatic rings. The third-order valence-electron chi connectivity index (χ3n) is 6.92. The number of amides is 1. The van der Waals surface area contributed by atoms with Crippen LogP contribution in [0.15, 0.2) is 91.0 Å². The Labute approximate surface area is 216 Å². The summed E-state index contributed by atoms with van der Waals surface area (Å²) in [5.74, 6) is -0.137. The van der Waals surface area contributed by atoms with E-state index in [2.05, 4.69) is 103 Å². The summed E-state index contributed by atoms with van der Waals surface area (Å²) < 4.78 is 0. The Kier molecular flexibility index (Phi) is 10.0. The van der Waals surface area contributed by atoms with Crippen LogP contribution in [0.3, 0.4) is 0 Å². The summed E-state index contributed by atoms with van der Waals surface area (Å²) >= 11 is 0. The van der Waals surface area contributed by atoms with Gasteiger partial charge in [0.15, 0.2) is 0 Å². The molecule has 3 N–H and O–H groups in total. The fourth-order valence-electron chi connectivity index (χ4n) is 4.68. The number of rotatable bonds is 12. The molecule has 0 heterocycles. The van der Waals surface area contributed by atoms with Crippen LogP contribution in [0.5, 0.6) is 0 Å². The number of nitrogens with zero attached hydrogens (tertiary/aromatic N) is 3. The zero-order valence-corrected chi connectivity index (χ0v) is 22.7. The van der Waals surface area contributed by atoms with Crippen molar-refractivity contribution in [2.24, 2.45) is 5.73 Å². The van der Waals surface area contributed by atoms with Gasteiger partial charge in [-0.05, 0) is 0 Å². The Morgan fingerprint density at radius 2 is 1.17 bits per heavy atom. The molecule has 0 radical (unpaired) electrons. The van der Waals surface area contributed by atoms with Gasteiger partial charge in [-0.1, -0.05) is 0 Å². The summed E-state index contributed by atoms with van der Waals surface area (Å²) in [6, 6.07) is 33.0. The minimum atomic E-state index is -2.21. The van der Waals surface area contributed by atoms with E-state index < -0.39 is 7.26 Å². The number of carbonyl (C=O) groups is 1. The summed E-state index contributed by atoms with van der Waals surface area (Å²) in [6.07, 6.45) is 2.17. The summed E-state index contributed by atoms with van der Waals surface area (Å²) in [7, 11) is 3.37. The van der Waals surface area contributed by atoms with Gasteiger partial charge in [-0.15, -0.1) is 0 Å². The number of carbonyl (C=O) groups excluding carboxylic acids is 1. The van der Waals surface area contributed by atoms with Crippen molar-refractivity contribution < 1.29 is 4.79 Å². The average molecular weight is 506 g/mol. The molecule has 7 heteroatoms. The van der Waals surface area contributed by atoms with Crippen molar-refractivity contribution in [2.75, 3.05) is 53.5 Å². The fourth-order valence-corrected chi connectivity index (χ4v) is 9.52. The molecule has 0 spiro atoms. The van der Waals surface area contributed by atoms with Gasteiger partial charge in [-0.25, -0.2) is 0 Å². The van der Waals surface area contributed by atoms with Crippen molar-refractivity contribution in [3.8, 4) is 0 Å². The van der Waals surface area contributed by atoms with Gasteiger partial charge in [0.1, 0.15) is 0 Å². The Hall–Kier alpha value is -3.21. The summed E-state index contributed by atoms with van der Waals surface area (Å²) in [5.41, 5.74) is 5.46. The van der Waals surface area contributed by atoms with E-state index >= 15 is 0 Å². The van der Waals surface area contributed by atoms with Crippen LogP contribution in [0.2, 0.25) is 0 Å². The molecule has 0 aromatic heterocycles. The molecule has 0 aliphatic carbocycles. The number of hydrogen-bond donors (Lipinski definition) is 2. The first-order chi connectivity index (χ1) is 17.3. The standard InChI is InChI=1S/C29H40N5OP/c1-32(21-22-33(2)28(35)24-34(3)29(30)31)20-13-23-36(25-14-7-4-8-15-25,26-16-9-5-10-17-26)27-18-11-6-12-19-27/h4-12,14-19,36H,13,20-24H2,1-3H3,(H3,30,31). The van der Waals surface area contributed by atoms with Crippen molar-refractivity contribution in [3.63, 3.8) is 0 Å². The molecule has 0 atom stereocenters. The van der Waals surface area contributed by atoms with Gasteiger partial charge in [0.05, 0.1) is 0 Å². The molecular formula is C29H40N5OP. The van der Waals surface area contributed by atoms with Gasteiger partial charge in [-0.3, -0.25) is 0 Å². The van der Waals surface area contributed by atoms with Crippen molar-refractivity contribution in [2.45, 2.75) is 6.42 Å². The van der Waals surface area contributed by atoms with Gasteiger partial charge < -0.3 is 0 Å². The summed E-state index contributed by atoms with van der Waals surface area (Å²) in [4.78, 5) is 17.9. The second-order valence-corrected chi connectivity index (χ2v) is 13.5. The van der Waals surface area contributed by atoms with Crippen LogP contribution in [0, 0.1) is 5.41 Å². The number of nitrogens with one attached hydrogen (secondary N) is 1. The SMILES string of the molecule is CN(CCC[PH](c1ccccc1)(c1ccccc1)c1ccccc1)CCN(C)C(=O)CN(C)C(=N)N. The zero-order valence-electron chi connectivity index (χ0n) is 21.7. The number of hydrogen-bond acceptors (Lipinski definition) is 3. The molecule has 3 aromatic carbocycles.